The molecule has 0 spiro atoms. The first kappa shape index (κ1) is 17.8. The standard InChI is InChI=1S/C19H11Cl3N2S/c20-15-9-17(21)19(18(22)10-15)24-23-11-16-8-14(12-25-16)7-6-13-4-2-1-3-5-13/h1-5,8-12,24H. The number of hydrogen-bond donors (Lipinski definition) is 1. The van der Waals surface area contributed by atoms with Crippen LogP contribution in [0.25, 0.3) is 0 Å². The van der Waals surface area contributed by atoms with Crippen molar-refractivity contribution in [2.24, 2.45) is 5.10 Å². The van der Waals surface area contributed by atoms with Crippen molar-refractivity contribution in [3.8, 4) is 11.8 Å². The summed E-state index contributed by atoms with van der Waals surface area (Å²) < 4.78 is 0. The summed E-state index contributed by atoms with van der Waals surface area (Å²) in [6, 6.07) is 15.0. The molecular formula is C19H11Cl3N2S. The molecule has 0 bridgehead atoms. The summed E-state index contributed by atoms with van der Waals surface area (Å²) in [5.41, 5.74) is 5.29. The van der Waals surface area contributed by atoms with Crippen molar-refractivity contribution >= 4 is 58.0 Å². The fourth-order valence-electron chi connectivity index (χ4n) is 1.96. The van der Waals surface area contributed by atoms with Crippen LogP contribution in [-0.2, 0) is 0 Å². The Hall–Kier alpha value is -1.96. The predicted molar refractivity (Wildman–Crippen MR) is 109 cm³/mol. The highest BCUT2D eigenvalue weighted by atomic mass is 35.5. The normalized spacial score (nSPS) is 10.5. The molecule has 6 heteroatoms. The van der Waals surface area contributed by atoms with Crippen LogP contribution in [0.4, 0.5) is 5.69 Å². The molecule has 0 unspecified atom stereocenters. The molecule has 0 saturated heterocycles. The van der Waals surface area contributed by atoms with Gasteiger partial charge in [0.15, 0.2) is 0 Å². The molecule has 3 aromatic rings. The van der Waals surface area contributed by atoms with Crippen molar-refractivity contribution in [3.63, 3.8) is 0 Å². The third kappa shape index (κ3) is 5.01. The second kappa shape index (κ2) is 8.42. The molecule has 2 nitrogen and oxygen atoms in total. The Labute approximate surface area is 165 Å². The molecule has 0 fully saturated rings. The van der Waals surface area contributed by atoms with Crippen LogP contribution in [0.5, 0.6) is 0 Å². The number of benzene rings is 2. The molecule has 0 radical (unpaired) electrons. The molecule has 0 aliphatic rings. The van der Waals surface area contributed by atoms with Crippen LogP contribution in [-0.4, -0.2) is 6.21 Å². The largest absolute Gasteiger partial charge is 0.275 e. The van der Waals surface area contributed by atoms with E-state index in [1.54, 1.807) is 29.7 Å². The minimum atomic E-state index is 0.412. The molecule has 0 amide bonds. The zero-order valence-electron chi connectivity index (χ0n) is 12.8. The lowest BCUT2D eigenvalue weighted by Crippen LogP contribution is -1.91. The molecule has 0 aliphatic heterocycles. The molecule has 1 aromatic heterocycles. The minimum absolute atomic E-state index is 0.412. The number of rotatable bonds is 3. The van der Waals surface area contributed by atoms with E-state index in [1.165, 1.54) is 0 Å². The molecule has 1 heterocycles. The highest BCUT2D eigenvalue weighted by Crippen LogP contribution is 2.33. The summed E-state index contributed by atoms with van der Waals surface area (Å²) in [4.78, 5) is 0.964. The van der Waals surface area contributed by atoms with E-state index < -0.39 is 0 Å². The summed E-state index contributed by atoms with van der Waals surface area (Å²) in [5.74, 6) is 6.26. The van der Waals surface area contributed by atoms with Gasteiger partial charge in [-0.3, -0.25) is 5.43 Å². The molecule has 0 atom stereocenters. The van der Waals surface area contributed by atoms with Gasteiger partial charge < -0.3 is 0 Å². The van der Waals surface area contributed by atoms with Crippen molar-refractivity contribution in [2.45, 2.75) is 0 Å². The van der Waals surface area contributed by atoms with Gasteiger partial charge in [0.1, 0.15) is 0 Å². The number of hydrogen-bond acceptors (Lipinski definition) is 3. The lowest BCUT2D eigenvalue weighted by atomic mass is 10.2. The van der Waals surface area contributed by atoms with E-state index in [4.69, 9.17) is 34.8 Å². The van der Waals surface area contributed by atoms with Gasteiger partial charge in [-0.1, -0.05) is 64.8 Å². The molecule has 0 saturated carbocycles. The van der Waals surface area contributed by atoms with Crippen molar-refractivity contribution < 1.29 is 0 Å². The summed E-state index contributed by atoms with van der Waals surface area (Å²) in [6.07, 6.45) is 1.69. The number of nitrogens with zero attached hydrogens (tertiary/aromatic N) is 1. The van der Waals surface area contributed by atoms with Gasteiger partial charge in [-0.25, -0.2) is 0 Å². The maximum Gasteiger partial charge on any atom is 0.0935 e. The Morgan fingerprint density at radius 3 is 2.32 bits per heavy atom. The first-order valence-electron chi connectivity index (χ1n) is 7.21. The molecule has 1 N–H and O–H groups in total. The van der Waals surface area contributed by atoms with Crippen molar-refractivity contribution in [3.05, 3.63) is 85.0 Å². The van der Waals surface area contributed by atoms with E-state index in [1.807, 2.05) is 41.8 Å². The second-order valence-corrected chi connectivity index (χ2v) is 7.16. The molecule has 0 aliphatic carbocycles. The van der Waals surface area contributed by atoms with E-state index >= 15 is 0 Å². The van der Waals surface area contributed by atoms with Gasteiger partial charge in [0.05, 0.1) is 21.9 Å². The Morgan fingerprint density at radius 1 is 0.920 bits per heavy atom. The first-order chi connectivity index (χ1) is 12.1. The Kier molecular flexibility index (Phi) is 6.01. The van der Waals surface area contributed by atoms with Crippen molar-refractivity contribution in [2.75, 3.05) is 5.43 Å². The Bertz CT molecular complexity index is 946. The quantitative estimate of drug-likeness (QED) is 0.298. The average Bonchev–Trinajstić information content (AvgIpc) is 3.04. The SMILES string of the molecule is Clc1cc(Cl)c(NN=Cc2cc(C#Cc3ccccc3)cs2)c(Cl)c1. The fraction of sp³-hybridized carbons (Fsp3) is 0. The maximum absolute atomic E-state index is 6.10. The van der Waals surface area contributed by atoms with Gasteiger partial charge in [-0.15, -0.1) is 11.3 Å². The second-order valence-electron chi connectivity index (χ2n) is 4.97. The van der Waals surface area contributed by atoms with Crippen LogP contribution in [0.2, 0.25) is 15.1 Å². The molecular weight excluding hydrogens is 395 g/mol. The van der Waals surface area contributed by atoms with E-state index in [9.17, 15) is 0 Å². The molecule has 3 rings (SSSR count). The fourth-order valence-corrected chi connectivity index (χ4v) is 3.56. The Balaban J connectivity index is 1.68. The summed E-state index contributed by atoms with van der Waals surface area (Å²) >= 11 is 19.6. The smallest absolute Gasteiger partial charge is 0.0935 e. The number of anilines is 1. The number of hydrazone groups is 1. The van der Waals surface area contributed by atoms with Gasteiger partial charge in [-0.05, 0) is 30.3 Å². The van der Waals surface area contributed by atoms with Crippen LogP contribution in [0.15, 0.2) is 59.0 Å². The predicted octanol–water partition coefficient (Wildman–Crippen LogP) is 6.55. The third-order valence-electron chi connectivity index (χ3n) is 3.12. The van der Waals surface area contributed by atoms with E-state index in [2.05, 4.69) is 22.4 Å². The van der Waals surface area contributed by atoms with E-state index in [0.29, 0.717) is 20.8 Å². The minimum Gasteiger partial charge on any atom is -0.275 e. The summed E-state index contributed by atoms with van der Waals surface area (Å²) in [6.45, 7) is 0. The molecule has 2 aromatic carbocycles. The number of nitrogens with one attached hydrogen (secondary N) is 1. The van der Waals surface area contributed by atoms with Crippen molar-refractivity contribution in [1.82, 2.24) is 0 Å². The van der Waals surface area contributed by atoms with E-state index in [0.717, 1.165) is 16.0 Å². The van der Waals surface area contributed by atoms with Gasteiger partial charge in [-0.2, -0.15) is 5.10 Å². The summed E-state index contributed by atoms with van der Waals surface area (Å²) in [5, 5.41) is 7.46. The lowest BCUT2D eigenvalue weighted by molar-refractivity contribution is 1.35. The highest BCUT2D eigenvalue weighted by molar-refractivity contribution is 7.11. The monoisotopic (exact) mass is 404 g/mol. The lowest BCUT2D eigenvalue weighted by Gasteiger charge is -2.06. The Morgan fingerprint density at radius 2 is 1.60 bits per heavy atom. The third-order valence-corrected chi connectivity index (χ3v) is 4.80. The van der Waals surface area contributed by atoms with Crippen LogP contribution in [0.1, 0.15) is 16.0 Å². The zero-order chi connectivity index (χ0) is 17.6. The van der Waals surface area contributed by atoms with Gasteiger partial charge in [0.25, 0.3) is 0 Å². The highest BCUT2D eigenvalue weighted by Gasteiger charge is 2.06. The molecule has 25 heavy (non-hydrogen) atoms. The van der Waals surface area contributed by atoms with Gasteiger partial charge >= 0.3 is 0 Å². The van der Waals surface area contributed by atoms with Gasteiger partial charge in [0.2, 0.25) is 0 Å². The molecule has 124 valence electrons. The van der Waals surface area contributed by atoms with Crippen LogP contribution in [0.3, 0.4) is 0 Å². The average molecular weight is 406 g/mol. The van der Waals surface area contributed by atoms with Gasteiger partial charge in [0, 0.05) is 26.4 Å². The first-order valence-corrected chi connectivity index (χ1v) is 9.22. The van der Waals surface area contributed by atoms with Crippen molar-refractivity contribution in [1.29, 1.82) is 0 Å². The summed E-state index contributed by atoms with van der Waals surface area (Å²) in [7, 11) is 0. The number of halogens is 3. The maximum atomic E-state index is 6.10. The topological polar surface area (TPSA) is 24.4 Å². The van der Waals surface area contributed by atoms with Crippen LogP contribution >= 0.6 is 46.1 Å². The number of thiophene rings is 1. The zero-order valence-corrected chi connectivity index (χ0v) is 15.8. The van der Waals surface area contributed by atoms with Crippen LogP contribution in [0, 0.1) is 11.8 Å². The van der Waals surface area contributed by atoms with Crippen LogP contribution < -0.4 is 5.43 Å². The van der Waals surface area contributed by atoms with E-state index in [-0.39, 0.29) is 0 Å².